The summed E-state index contributed by atoms with van der Waals surface area (Å²) in [5.41, 5.74) is 5.42. The van der Waals surface area contributed by atoms with E-state index in [9.17, 15) is 9.59 Å². The zero-order chi connectivity index (χ0) is 18.1. The molecule has 0 amide bonds. The molecule has 0 radical (unpaired) electrons. The smallest absolute Gasteiger partial charge is 0.320 e. The molecule has 0 aromatic carbocycles. The van der Waals surface area contributed by atoms with Crippen molar-refractivity contribution in [3.63, 3.8) is 0 Å². The summed E-state index contributed by atoms with van der Waals surface area (Å²) in [6.45, 7) is 7.41. The molecule has 2 atom stereocenters. The molecule has 0 aliphatic rings. The van der Waals surface area contributed by atoms with E-state index in [-0.39, 0.29) is 6.42 Å². The van der Waals surface area contributed by atoms with Gasteiger partial charge in [-0.15, -0.1) is 0 Å². The molecule has 6 nitrogen and oxygen atoms in total. The molecule has 0 rings (SSSR count). The first-order valence-electron chi connectivity index (χ1n) is 8.80. The molecule has 0 aliphatic carbocycles. The summed E-state index contributed by atoms with van der Waals surface area (Å²) in [4.78, 5) is 20.5. The number of hydrogen-bond donors (Lipinski definition) is 4. The minimum absolute atomic E-state index is 0.222. The number of carboxylic acid groups (broad SMARTS) is 2. The molecule has 0 heterocycles. The van der Waals surface area contributed by atoms with E-state index in [1.54, 1.807) is 6.92 Å². The highest BCUT2D eigenvalue weighted by Gasteiger charge is 2.17. The Kier molecular flexibility index (Phi) is 18.1. The van der Waals surface area contributed by atoms with Crippen molar-refractivity contribution in [2.75, 3.05) is 13.1 Å². The highest BCUT2D eigenvalue weighted by atomic mass is 16.4. The van der Waals surface area contributed by atoms with Gasteiger partial charge in [0.2, 0.25) is 0 Å². The van der Waals surface area contributed by atoms with E-state index >= 15 is 0 Å². The van der Waals surface area contributed by atoms with Crippen LogP contribution in [-0.2, 0) is 9.59 Å². The zero-order valence-corrected chi connectivity index (χ0v) is 15.0. The lowest BCUT2D eigenvalue weighted by Crippen LogP contribution is -2.39. The van der Waals surface area contributed by atoms with E-state index in [0.29, 0.717) is 18.9 Å². The Hall–Kier alpha value is -1.14. The molecule has 0 saturated carbocycles. The number of nitrogens with two attached hydrogens (primary N) is 1. The van der Waals surface area contributed by atoms with Crippen molar-refractivity contribution in [2.24, 2.45) is 11.7 Å². The third-order valence-electron chi connectivity index (χ3n) is 3.74. The van der Waals surface area contributed by atoms with Gasteiger partial charge in [0.05, 0.1) is 0 Å². The Morgan fingerprint density at radius 1 is 1.04 bits per heavy atom. The van der Waals surface area contributed by atoms with Crippen LogP contribution in [-0.4, -0.2) is 41.3 Å². The van der Waals surface area contributed by atoms with Gasteiger partial charge in [-0.1, -0.05) is 46.5 Å². The normalized spacial score (nSPS) is 12.9. The van der Waals surface area contributed by atoms with Crippen LogP contribution >= 0.6 is 0 Å². The van der Waals surface area contributed by atoms with Crippen LogP contribution in [0.2, 0.25) is 0 Å². The van der Waals surface area contributed by atoms with Crippen LogP contribution in [0, 0.1) is 5.92 Å². The summed E-state index contributed by atoms with van der Waals surface area (Å²) in [5, 5.41) is 20.1. The quantitative estimate of drug-likeness (QED) is 0.386. The van der Waals surface area contributed by atoms with E-state index in [4.69, 9.17) is 15.9 Å². The van der Waals surface area contributed by atoms with Gasteiger partial charge in [-0.25, -0.2) is 0 Å². The number of rotatable bonds is 13. The minimum Gasteiger partial charge on any atom is -0.481 e. The Morgan fingerprint density at radius 3 is 2.04 bits per heavy atom. The van der Waals surface area contributed by atoms with Gasteiger partial charge in [0, 0.05) is 6.42 Å². The van der Waals surface area contributed by atoms with E-state index in [1.165, 1.54) is 19.3 Å². The highest BCUT2D eigenvalue weighted by molar-refractivity contribution is 5.73. The molecule has 0 bridgehead atoms. The summed E-state index contributed by atoms with van der Waals surface area (Å²) in [6, 6.07) is -0.410. The maximum Gasteiger partial charge on any atom is 0.320 e. The molecule has 0 saturated heterocycles. The van der Waals surface area contributed by atoms with Crippen LogP contribution in [0.4, 0.5) is 0 Å². The Morgan fingerprint density at radius 2 is 1.65 bits per heavy atom. The molecule has 23 heavy (non-hydrogen) atoms. The Labute approximate surface area is 140 Å². The van der Waals surface area contributed by atoms with Crippen LogP contribution in [0.5, 0.6) is 0 Å². The van der Waals surface area contributed by atoms with E-state index < -0.39 is 18.0 Å². The highest BCUT2D eigenvalue weighted by Crippen LogP contribution is 2.12. The number of nitrogens with one attached hydrogen (secondary N) is 1. The summed E-state index contributed by atoms with van der Waals surface area (Å²) < 4.78 is 0. The fraction of sp³-hybridized carbons (Fsp3) is 0.882. The Bertz CT molecular complexity index is 298. The third-order valence-corrected chi connectivity index (χ3v) is 3.74. The maximum absolute atomic E-state index is 11.1. The molecule has 0 aliphatic heterocycles. The van der Waals surface area contributed by atoms with Gasteiger partial charge in [0.25, 0.3) is 0 Å². The van der Waals surface area contributed by atoms with Crippen LogP contribution in [0.1, 0.15) is 72.1 Å². The average Bonchev–Trinajstić information content (AvgIpc) is 2.53. The van der Waals surface area contributed by atoms with E-state index in [0.717, 1.165) is 25.8 Å². The summed E-state index contributed by atoms with van der Waals surface area (Å²) in [6.07, 6.45) is 7.42. The van der Waals surface area contributed by atoms with Crippen molar-refractivity contribution in [3.05, 3.63) is 0 Å². The number of unbranched alkanes of at least 4 members (excludes halogenated alkanes) is 2. The fourth-order valence-corrected chi connectivity index (χ4v) is 2.06. The standard InChI is InChI=1S/C14H30N2O2.C3H6O2/c1-3-5-8-12(4-2)11-16-13(14(17)18)9-6-7-10-15;1-2-3(4)5/h12-13,16H,3-11,15H2,1-2H3,(H,17,18);2H2,1H3,(H,4,5)/t12?,13-;/m0./s1. The third kappa shape index (κ3) is 17.1. The van der Waals surface area contributed by atoms with Gasteiger partial charge in [0.15, 0.2) is 0 Å². The lowest BCUT2D eigenvalue weighted by molar-refractivity contribution is -0.140. The predicted molar refractivity (Wildman–Crippen MR) is 93.6 cm³/mol. The lowest BCUT2D eigenvalue weighted by atomic mass is 9.98. The predicted octanol–water partition coefficient (Wildman–Crippen LogP) is 2.86. The van der Waals surface area contributed by atoms with Crippen molar-refractivity contribution in [2.45, 2.75) is 78.2 Å². The number of carbonyl (C=O) groups is 2. The number of carboxylic acids is 2. The first-order chi connectivity index (χ1) is 10.9. The van der Waals surface area contributed by atoms with Gasteiger partial charge in [-0.2, -0.15) is 0 Å². The molecular formula is C17H36N2O4. The van der Waals surface area contributed by atoms with Crippen molar-refractivity contribution >= 4 is 11.9 Å². The van der Waals surface area contributed by atoms with Crippen molar-refractivity contribution < 1.29 is 19.8 Å². The topological polar surface area (TPSA) is 113 Å². The number of aliphatic carboxylic acids is 2. The molecule has 1 unspecified atom stereocenters. The maximum atomic E-state index is 11.1. The van der Waals surface area contributed by atoms with E-state index in [1.807, 2.05) is 0 Å². The molecular weight excluding hydrogens is 296 g/mol. The first-order valence-corrected chi connectivity index (χ1v) is 8.80. The van der Waals surface area contributed by atoms with Gasteiger partial charge in [-0.3, -0.25) is 9.59 Å². The minimum atomic E-state index is -0.745. The Balaban J connectivity index is 0. The second kappa shape index (κ2) is 17.2. The first kappa shape index (κ1) is 24.1. The largest absolute Gasteiger partial charge is 0.481 e. The van der Waals surface area contributed by atoms with Gasteiger partial charge in [-0.05, 0) is 38.3 Å². The molecule has 5 N–H and O–H groups in total. The van der Waals surface area contributed by atoms with Crippen molar-refractivity contribution in [1.82, 2.24) is 5.32 Å². The summed E-state index contributed by atoms with van der Waals surface area (Å²) in [5.74, 6) is -0.885. The monoisotopic (exact) mass is 332 g/mol. The molecule has 0 fully saturated rings. The molecule has 0 aromatic rings. The van der Waals surface area contributed by atoms with Crippen molar-refractivity contribution in [1.29, 1.82) is 0 Å². The van der Waals surface area contributed by atoms with Crippen LogP contribution < -0.4 is 11.1 Å². The van der Waals surface area contributed by atoms with Crippen LogP contribution in [0.3, 0.4) is 0 Å². The zero-order valence-electron chi connectivity index (χ0n) is 15.0. The average molecular weight is 332 g/mol. The summed E-state index contributed by atoms with van der Waals surface area (Å²) >= 11 is 0. The molecule has 6 heteroatoms. The van der Waals surface area contributed by atoms with Crippen molar-refractivity contribution in [3.8, 4) is 0 Å². The fourth-order valence-electron chi connectivity index (χ4n) is 2.06. The summed E-state index contributed by atoms with van der Waals surface area (Å²) in [7, 11) is 0. The van der Waals surface area contributed by atoms with Crippen LogP contribution in [0.25, 0.3) is 0 Å². The van der Waals surface area contributed by atoms with Gasteiger partial charge < -0.3 is 21.3 Å². The van der Waals surface area contributed by atoms with Gasteiger partial charge >= 0.3 is 11.9 Å². The molecule has 138 valence electrons. The number of hydrogen-bond acceptors (Lipinski definition) is 4. The van der Waals surface area contributed by atoms with E-state index in [2.05, 4.69) is 19.2 Å². The SMILES string of the molecule is CCC(=O)O.CCCCC(CC)CN[C@@H](CCCCN)C(=O)O. The second-order valence-electron chi connectivity index (χ2n) is 5.75. The lowest BCUT2D eigenvalue weighted by Gasteiger charge is -2.19. The second-order valence-corrected chi connectivity index (χ2v) is 5.75. The molecule has 0 aromatic heterocycles. The van der Waals surface area contributed by atoms with Crippen LogP contribution in [0.15, 0.2) is 0 Å². The molecule has 0 spiro atoms. The van der Waals surface area contributed by atoms with Gasteiger partial charge in [0.1, 0.15) is 6.04 Å².